The van der Waals surface area contributed by atoms with Gasteiger partial charge in [0.2, 0.25) is 23.6 Å². The van der Waals surface area contributed by atoms with E-state index >= 15 is 0 Å². The topological polar surface area (TPSA) is 137 Å². The number of aliphatic hydroxyl groups excluding tert-OH is 1. The van der Waals surface area contributed by atoms with Gasteiger partial charge < -0.3 is 30.7 Å². The lowest BCUT2D eigenvalue weighted by molar-refractivity contribution is -0.149. The summed E-state index contributed by atoms with van der Waals surface area (Å²) in [5, 5.41) is 17.9. The molecule has 0 radical (unpaired) electrons. The molecule has 0 bridgehead atoms. The van der Waals surface area contributed by atoms with E-state index < -0.39 is 24.0 Å². The number of aliphatic hydroxyl groups is 1. The molecule has 0 unspecified atom stereocenters. The predicted molar refractivity (Wildman–Crippen MR) is 161 cm³/mol. The van der Waals surface area contributed by atoms with Gasteiger partial charge in [-0.2, -0.15) is 12.6 Å². The van der Waals surface area contributed by atoms with E-state index in [-0.39, 0.29) is 49.0 Å². The fraction of sp³-hybridized carbons (Fsp3) is 0.484. The molecule has 4 atom stereocenters. The van der Waals surface area contributed by atoms with Crippen LogP contribution in [0.25, 0.3) is 0 Å². The molecule has 4 rings (SSSR count). The monoisotopic (exact) mass is 596 g/mol. The molecule has 4 amide bonds. The maximum atomic E-state index is 13.9. The van der Waals surface area contributed by atoms with Crippen LogP contribution in [0.5, 0.6) is 5.75 Å². The molecule has 2 aromatic rings. The number of fused-ring (bicyclic) bond motifs is 1. The number of nitrogens with one attached hydrogen (secondary N) is 3. The van der Waals surface area contributed by atoms with Crippen molar-refractivity contribution < 1.29 is 29.0 Å². The molecule has 226 valence electrons. The first-order valence-corrected chi connectivity index (χ1v) is 15.2. The highest BCUT2D eigenvalue weighted by Crippen LogP contribution is 2.44. The first kappa shape index (κ1) is 31.4. The number of carbonyl (C=O) groups excluding carboxylic acids is 4. The SMILES string of the molecule is O=C(CS)NCCCCCCNC(=O)[C@H]1C[C@H]2C(=O)N[C@@H](Cc3ccccc3)C(=O)N2[C@H]1c1cccc(OCCO)c1. The predicted octanol–water partition coefficient (Wildman–Crippen LogP) is 1.78. The van der Waals surface area contributed by atoms with E-state index in [0.29, 0.717) is 30.8 Å². The van der Waals surface area contributed by atoms with Gasteiger partial charge in [0.05, 0.1) is 24.3 Å². The molecule has 0 saturated carbocycles. The highest BCUT2D eigenvalue weighted by molar-refractivity contribution is 7.81. The highest BCUT2D eigenvalue weighted by Gasteiger charge is 2.54. The Balaban J connectivity index is 1.46. The molecule has 10 nitrogen and oxygen atoms in total. The molecule has 11 heteroatoms. The smallest absolute Gasteiger partial charge is 0.246 e. The molecule has 0 aromatic heterocycles. The number of unbranched alkanes of at least 4 members (excludes halogenated alkanes) is 3. The lowest BCUT2D eigenvalue weighted by Gasteiger charge is -2.38. The number of hydrogen-bond donors (Lipinski definition) is 5. The Morgan fingerprint density at radius 2 is 1.74 bits per heavy atom. The highest BCUT2D eigenvalue weighted by atomic mass is 32.1. The van der Waals surface area contributed by atoms with Crippen LogP contribution in [0, 0.1) is 5.92 Å². The van der Waals surface area contributed by atoms with Crippen molar-refractivity contribution in [3.05, 3.63) is 65.7 Å². The van der Waals surface area contributed by atoms with Crippen molar-refractivity contribution in [2.45, 2.75) is 56.7 Å². The zero-order valence-corrected chi connectivity index (χ0v) is 24.6. The summed E-state index contributed by atoms with van der Waals surface area (Å²) in [6, 6.07) is 14.6. The standard InChI is InChI=1S/C31H40N4O6S/c36-15-16-41-23-12-8-11-22(18-23)28-24(29(38)33-14-7-2-1-6-13-32-27(37)20-42)19-26-30(39)34-25(31(40)35(26)28)17-21-9-4-3-5-10-21/h3-5,8-12,18,24-26,28,36,42H,1-2,6-7,13-17,19-20H2,(H,32,37)(H,33,38)(H,34,39)/t24-,25-,26-,28-/m0/s1. The Labute approximate surface area is 252 Å². The summed E-state index contributed by atoms with van der Waals surface area (Å²) in [5.41, 5.74) is 1.64. The maximum Gasteiger partial charge on any atom is 0.246 e. The van der Waals surface area contributed by atoms with E-state index in [0.717, 1.165) is 31.2 Å². The summed E-state index contributed by atoms with van der Waals surface area (Å²) in [4.78, 5) is 53.6. The van der Waals surface area contributed by atoms with Gasteiger partial charge >= 0.3 is 0 Å². The Kier molecular flexibility index (Phi) is 11.7. The molecule has 2 aliphatic heterocycles. The van der Waals surface area contributed by atoms with Gasteiger partial charge in [0.1, 0.15) is 24.4 Å². The van der Waals surface area contributed by atoms with Crippen molar-refractivity contribution in [3.8, 4) is 5.75 Å². The number of rotatable bonds is 15. The first-order valence-electron chi connectivity index (χ1n) is 14.6. The largest absolute Gasteiger partial charge is 0.491 e. The van der Waals surface area contributed by atoms with Gasteiger partial charge in [-0.05, 0) is 42.5 Å². The minimum Gasteiger partial charge on any atom is -0.491 e. The number of carbonyl (C=O) groups is 4. The molecule has 2 fully saturated rings. The fourth-order valence-corrected chi connectivity index (χ4v) is 5.83. The number of amides is 4. The van der Waals surface area contributed by atoms with E-state index in [1.54, 1.807) is 23.1 Å². The van der Waals surface area contributed by atoms with Gasteiger partial charge in [-0.1, -0.05) is 55.3 Å². The van der Waals surface area contributed by atoms with Crippen LogP contribution in [-0.4, -0.2) is 77.8 Å². The second kappa shape index (κ2) is 15.6. The second-order valence-corrected chi connectivity index (χ2v) is 11.0. The number of benzene rings is 2. The van der Waals surface area contributed by atoms with Gasteiger partial charge in [-0.25, -0.2) is 0 Å². The third kappa shape index (κ3) is 8.04. The van der Waals surface area contributed by atoms with Gasteiger partial charge in [0.25, 0.3) is 0 Å². The molecular weight excluding hydrogens is 556 g/mol. The lowest BCUT2D eigenvalue weighted by Crippen LogP contribution is -2.62. The van der Waals surface area contributed by atoms with Crippen molar-refractivity contribution in [1.29, 1.82) is 0 Å². The van der Waals surface area contributed by atoms with Crippen LogP contribution in [0.1, 0.15) is 49.3 Å². The van der Waals surface area contributed by atoms with Crippen LogP contribution in [0.4, 0.5) is 0 Å². The van der Waals surface area contributed by atoms with Crippen LogP contribution in [0.3, 0.4) is 0 Å². The molecule has 2 heterocycles. The van der Waals surface area contributed by atoms with E-state index in [1.807, 2.05) is 36.4 Å². The van der Waals surface area contributed by atoms with Crippen LogP contribution >= 0.6 is 12.6 Å². The number of nitrogens with zero attached hydrogens (tertiary/aromatic N) is 1. The van der Waals surface area contributed by atoms with Crippen molar-refractivity contribution in [2.24, 2.45) is 5.92 Å². The van der Waals surface area contributed by atoms with Crippen molar-refractivity contribution in [2.75, 3.05) is 32.1 Å². The summed E-state index contributed by atoms with van der Waals surface area (Å²) < 4.78 is 5.61. The van der Waals surface area contributed by atoms with E-state index in [9.17, 15) is 24.3 Å². The van der Waals surface area contributed by atoms with Gasteiger partial charge in [0, 0.05) is 19.5 Å². The summed E-state index contributed by atoms with van der Waals surface area (Å²) in [6.07, 6.45) is 4.02. The minimum absolute atomic E-state index is 0.0860. The van der Waals surface area contributed by atoms with Gasteiger partial charge in [-0.3, -0.25) is 19.2 Å². The van der Waals surface area contributed by atoms with Crippen LogP contribution < -0.4 is 20.7 Å². The first-order chi connectivity index (χ1) is 20.4. The van der Waals surface area contributed by atoms with E-state index in [2.05, 4.69) is 28.6 Å². The van der Waals surface area contributed by atoms with Crippen molar-refractivity contribution in [3.63, 3.8) is 0 Å². The summed E-state index contributed by atoms with van der Waals surface area (Å²) in [7, 11) is 0. The van der Waals surface area contributed by atoms with E-state index in [4.69, 9.17) is 4.74 Å². The van der Waals surface area contributed by atoms with Crippen LogP contribution in [0.15, 0.2) is 54.6 Å². The lowest BCUT2D eigenvalue weighted by atomic mass is 9.92. The molecule has 2 aliphatic rings. The Morgan fingerprint density at radius 3 is 2.45 bits per heavy atom. The normalized spacial score (nSPS) is 21.4. The number of thiol groups is 1. The maximum absolute atomic E-state index is 13.9. The van der Waals surface area contributed by atoms with Gasteiger partial charge in [0.15, 0.2) is 0 Å². The molecule has 42 heavy (non-hydrogen) atoms. The second-order valence-electron chi connectivity index (χ2n) is 10.7. The summed E-state index contributed by atoms with van der Waals surface area (Å²) in [6.45, 7) is 1.06. The number of piperazine rings is 1. The summed E-state index contributed by atoms with van der Waals surface area (Å²) in [5.74, 6) is -0.680. The molecule has 2 saturated heterocycles. The quantitative estimate of drug-likeness (QED) is 0.157. The number of hydrogen-bond acceptors (Lipinski definition) is 7. The average molecular weight is 597 g/mol. The molecule has 0 aliphatic carbocycles. The fourth-order valence-electron chi connectivity index (χ4n) is 5.72. The molecular formula is C31H40N4O6S. The number of ether oxygens (including phenoxy) is 1. The Morgan fingerprint density at radius 1 is 1.00 bits per heavy atom. The summed E-state index contributed by atoms with van der Waals surface area (Å²) >= 11 is 3.94. The van der Waals surface area contributed by atoms with Crippen LogP contribution in [0.2, 0.25) is 0 Å². The zero-order chi connectivity index (χ0) is 29.9. The minimum atomic E-state index is -0.750. The van der Waals surface area contributed by atoms with E-state index in [1.165, 1.54) is 0 Å². The Bertz CT molecular complexity index is 1230. The molecule has 4 N–H and O–H groups in total. The molecule has 0 spiro atoms. The van der Waals surface area contributed by atoms with Crippen molar-refractivity contribution >= 4 is 36.3 Å². The zero-order valence-electron chi connectivity index (χ0n) is 23.7. The molecule has 2 aromatic carbocycles. The average Bonchev–Trinajstić information content (AvgIpc) is 3.42. The van der Waals surface area contributed by atoms with Gasteiger partial charge in [-0.15, -0.1) is 0 Å². The van der Waals surface area contributed by atoms with Crippen LogP contribution in [-0.2, 0) is 25.6 Å². The van der Waals surface area contributed by atoms with Crippen molar-refractivity contribution in [1.82, 2.24) is 20.9 Å². The Hall–Kier alpha value is -3.57. The third-order valence-electron chi connectivity index (χ3n) is 7.71. The third-order valence-corrected chi connectivity index (χ3v) is 8.00.